The van der Waals surface area contributed by atoms with Crippen LogP contribution in [-0.4, -0.2) is 55.1 Å². The van der Waals surface area contributed by atoms with E-state index < -0.39 is 0 Å². The van der Waals surface area contributed by atoms with E-state index in [1.165, 1.54) is 0 Å². The van der Waals surface area contributed by atoms with Crippen LogP contribution >= 0.6 is 0 Å². The van der Waals surface area contributed by atoms with E-state index in [1.54, 1.807) is 0 Å². The molecule has 0 aliphatic heterocycles. The van der Waals surface area contributed by atoms with Crippen molar-refractivity contribution in [1.29, 1.82) is 0 Å². The van der Waals surface area contributed by atoms with Crippen molar-refractivity contribution in [1.82, 2.24) is 0 Å². The number of rotatable bonds is 0. The second-order valence-corrected chi connectivity index (χ2v) is 0.141. The van der Waals surface area contributed by atoms with E-state index in [1.807, 2.05) is 0 Å². The van der Waals surface area contributed by atoms with Crippen molar-refractivity contribution in [2.24, 2.45) is 5.16 Å². The summed E-state index contributed by atoms with van der Waals surface area (Å²) >= 11 is 0. The molecule has 0 aromatic heterocycles. The Kier molecular flexibility index (Phi) is 77.4. The average molecular weight is 105 g/mol. The summed E-state index contributed by atoms with van der Waals surface area (Å²) in [6.07, 6.45) is 0. The molecule has 0 radical (unpaired) electrons. The fourth-order valence-corrected chi connectivity index (χ4v) is 0. The van der Waals surface area contributed by atoms with Gasteiger partial charge in [0.2, 0.25) is 0 Å². The number of hydrogen-bond acceptors (Lipinski definition) is 2. The van der Waals surface area contributed by atoms with Gasteiger partial charge in [0.25, 0.3) is 0 Å². The minimum absolute atomic E-state index is 0. The van der Waals surface area contributed by atoms with Crippen molar-refractivity contribution in [3.05, 3.63) is 0 Å². The third-order valence-corrected chi connectivity index (χ3v) is 0. The average Bonchev–Trinajstić information content (AvgIpc) is 0.918. The number of nitrogens with zero attached hydrogens (tertiary/aromatic N) is 1. The second-order valence-electron chi connectivity index (χ2n) is 0.141. The predicted octanol–water partition coefficient (Wildman–Crippen LogP) is -1.66. The molecule has 30 valence electrons. The normalized spacial score (nSPS) is 2.40. The standard InChI is InChI=1S/CH3NO.Ca.H2O.2H/c1-2-3;;;;/h3H,1H2;;1H2;;. The van der Waals surface area contributed by atoms with Crippen LogP contribution in [0.4, 0.5) is 0 Å². The molecule has 0 amide bonds. The summed E-state index contributed by atoms with van der Waals surface area (Å²) in [6.45, 7) is 2.67. The Labute approximate surface area is 60.0 Å². The molecule has 0 saturated heterocycles. The van der Waals surface area contributed by atoms with E-state index in [9.17, 15) is 0 Å². The molecule has 3 N–H and O–H groups in total. The molecule has 0 heterocycles. The molecule has 4 heteroatoms. The van der Waals surface area contributed by atoms with Crippen LogP contribution in [0.3, 0.4) is 0 Å². The van der Waals surface area contributed by atoms with Crippen molar-refractivity contribution in [3.8, 4) is 0 Å². The Morgan fingerprint density at radius 3 is 1.60 bits per heavy atom. The van der Waals surface area contributed by atoms with Gasteiger partial charge in [-0.25, -0.2) is 0 Å². The maximum atomic E-state index is 7.08. The van der Waals surface area contributed by atoms with Gasteiger partial charge in [0, 0.05) is 6.72 Å². The van der Waals surface area contributed by atoms with Crippen molar-refractivity contribution < 1.29 is 10.7 Å². The molecule has 3 nitrogen and oxygen atoms in total. The fraction of sp³-hybridized carbons (Fsp3) is 0. The summed E-state index contributed by atoms with van der Waals surface area (Å²) in [5, 5.41) is 9.33. The monoisotopic (exact) mass is 105 g/mol. The molecule has 0 saturated carbocycles. The third-order valence-electron chi connectivity index (χ3n) is 0. The first-order valence-corrected chi connectivity index (χ1v) is 0.516. The minimum atomic E-state index is 0. The van der Waals surface area contributed by atoms with Crippen molar-refractivity contribution in [3.63, 3.8) is 0 Å². The Morgan fingerprint density at radius 2 is 1.60 bits per heavy atom. The molecule has 0 aliphatic rings. The van der Waals surface area contributed by atoms with E-state index >= 15 is 0 Å². The van der Waals surface area contributed by atoms with Gasteiger partial charge in [-0.05, 0) is 0 Å². The van der Waals surface area contributed by atoms with Crippen molar-refractivity contribution >= 4 is 44.5 Å². The van der Waals surface area contributed by atoms with Crippen molar-refractivity contribution in [2.75, 3.05) is 0 Å². The molecular weight excluding hydrogens is 98.1 g/mol. The zero-order chi connectivity index (χ0) is 2.71. The summed E-state index contributed by atoms with van der Waals surface area (Å²) < 4.78 is 0. The molecule has 0 aromatic carbocycles. The van der Waals surface area contributed by atoms with Gasteiger partial charge in [-0.3, -0.25) is 0 Å². The van der Waals surface area contributed by atoms with Gasteiger partial charge in [-0.2, -0.15) is 0 Å². The second kappa shape index (κ2) is 22.4. The van der Waals surface area contributed by atoms with Crippen LogP contribution in [0.15, 0.2) is 5.16 Å². The van der Waals surface area contributed by atoms with Crippen LogP contribution in [0.2, 0.25) is 0 Å². The van der Waals surface area contributed by atoms with Crippen LogP contribution in [0.25, 0.3) is 0 Å². The quantitative estimate of drug-likeness (QED) is 0.170. The SMILES string of the molecule is C=NO.O.[CaH2]. The molecule has 0 fully saturated rings. The molecule has 0 aliphatic carbocycles. The summed E-state index contributed by atoms with van der Waals surface area (Å²) in [4.78, 5) is 0. The number of oxime groups is 1. The van der Waals surface area contributed by atoms with Crippen LogP contribution in [-0.2, 0) is 0 Å². The first-order chi connectivity index (χ1) is 1.41. The van der Waals surface area contributed by atoms with Crippen LogP contribution in [0.1, 0.15) is 0 Å². The molecule has 0 atom stereocenters. The Bertz CT molecular complexity index is 17.1. The van der Waals surface area contributed by atoms with Gasteiger partial charge in [0.1, 0.15) is 0 Å². The van der Waals surface area contributed by atoms with Gasteiger partial charge < -0.3 is 10.7 Å². The molecule has 0 aromatic rings. The van der Waals surface area contributed by atoms with E-state index in [4.69, 9.17) is 5.21 Å². The van der Waals surface area contributed by atoms with Gasteiger partial charge in [0.15, 0.2) is 0 Å². The first-order valence-electron chi connectivity index (χ1n) is 0.516. The Balaban J connectivity index is -0.0000000200. The van der Waals surface area contributed by atoms with E-state index in [0.29, 0.717) is 0 Å². The van der Waals surface area contributed by atoms with Gasteiger partial charge in [-0.15, -0.1) is 5.16 Å². The topological polar surface area (TPSA) is 64.1 Å². The molecular formula is CH7CaNO2. The van der Waals surface area contributed by atoms with Crippen LogP contribution in [0, 0.1) is 0 Å². The van der Waals surface area contributed by atoms with Gasteiger partial charge in [0.05, 0.1) is 0 Å². The molecule has 0 unspecified atom stereocenters. The zero-order valence-electron chi connectivity index (χ0n) is 2.10. The molecule has 0 bridgehead atoms. The summed E-state index contributed by atoms with van der Waals surface area (Å²) in [6, 6.07) is 0. The Morgan fingerprint density at radius 1 is 1.60 bits per heavy atom. The first kappa shape index (κ1) is 17.3. The molecule has 0 spiro atoms. The summed E-state index contributed by atoms with van der Waals surface area (Å²) in [5.74, 6) is 0. The van der Waals surface area contributed by atoms with Crippen LogP contribution < -0.4 is 0 Å². The fourth-order valence-electron chi connectivity index (χ4n) is 0. The zero-order valence-corrected chi connectivity index (χ0v) is 2.10. The Hall–Kier alpha value is 0.690. The van der Waals surface area contributed by atoms with E-state index in [2.05, 4.69) is 11.9 Å². The molecule has 5 heavy (non-hydrogen) atoms. The third kappa shape index (κ3) is 71.3. The van der Waals surface area contributed by atoms with Crippen LogP contribution in [0.5, 0.6) is 0 Å². The molecule has 0 rings (SSSR count). The number of hydrogen-bond donors (Lipinski definition) is 1. The van der Waals surface area contributed by atoms with Crippen molar-refractivity contribution in [2.45, 2.75) is 0 Å². The van der Waals surface area contributed by atoms with Gasteiger partial charge in [-0.1, -0.05) is 0 Å². The summed E-state index contributed by atoms with van der Waals surface area (Å²) in [5.41, 5.74) is 0. The van der Waals surface area contributed by atoms with Gasteiger partial charge >= 0.3 is 37.7 Å². The van der Waals surface area contributed by atoms with E-state index in [-0.39, 0.29) is 43.2 Å². The maximum absolute atomic E-state index is 7.08. The summed E-state index contributed by atoms with van der Waals surface area (Å²) in [7, 11) is 0. The van der Waals surface area contributed by atoms with E-state index in [0.717, 1.165) is 0 Å². The predicted molar refractivity (Wildman–Crippen MR) is 23.5 cm³/mol.